The molecule has 0 saturated heterocycles. The highest BCUT2D eigenvalue weighted by Crippen LogP contribution is 2.32. The van der Waals surface area contributed by atoms with Crippen LogP contribution in [0.25, 0.3) is 6.08 Å². The molecule has 0 bridgehead atoms. The van der Waals surface area contributed by atoms with Crippen LogP contribution in [0.2, 0.25) is 0 Å². The molecule has 0 heterocycles. The Morgan fingerprint density at radius 2 is 1.52 bits per heavy atom. The molecule has 0 atom stereocenters. The highest BCUT2D eigenvalue weighted by molar-refractivity contribution is 6.07. The Labute approximate surface area is 192 Å². The first-order valence-corrected chi connectivity index (χ1v) is 10.0. The van der Waals surface area contributed by atoms with Gasteiger partial charge in [0.2, 0.25) is 0 Å². The molecule has 0 spiro atoms. The van der Waals surface area contributed by atoms with Gasteiger partial charge in [-0.15, -0.1) is 0 Å². The van der Waals surface area contributed by atoms with Gasteiger partial charge in [-0.1, -0.05) is 18.2 Å². The second-order valence-corrected chi connectivity index (χ2v) is 6.85. The number of hydrogen-bond acceptors (Lipinski definition) is 7. The van der Waals surface area contributed by atoms with Gasteiger partial charge < -0.3 is 24.1 Å². The van der Waals surface area contributed by atoms with Gasteiger partial charge in [-0.2, -0.15) is 0 Å². The van der Waals surface area contributed by atoms with Crippen LogP contribution in [0.1, 0.15) is 21.5 Å². The van der Waals surface area contributed by atoms with E-state index < -0.39 is 0 Å². The first-order valence-electron chi connectivity index (χ1n) is 10.0. The number of para-hydroxylation sites is 1. The molecule has 0 saturated carbocycles. The van der Waals surface area contributed by atoms with Crippen LogP contribution >= 0.6 is 0 Å². The first kappa shape index (κ1) is 23.4. The third kappa shape index (κ3) is 5.51. The largest absolute Gasteiger partial charge is 0.504 e. The molecule has 3 aromatic carbocycles. The molecule has 3 rings (SSSR count). The Bertz CT molecular complexity index is 1200. The van der Waals surface area contributed by atoms with Gasteiger partial charge in [-0.05, 0) is 54.1 Å². The van der Waals surface area contributed by atoms with Crippen LogP contribution in [0, 0.1) is 0 Å². The van der Waals surface area contributed by atoms with Crippen molar-refractivity contribution < 1.29 is 28.8 Å². The van der Waals surface area contributed by atoms with E-state index in [1.165, 1.54) is 26.5 Å². The first-order chi connectivity index (χ1) is 16.0. The van der Waals surface area contributed by atoms with E-state index in [1.807, 2.05) is 6.07 Å². The van der Waals surface area contributed by atoms with Gasteiger partial charge in [0.25, 0.3) is 0 Å². The van der Waals surface area contributed by atoms with E-state index in [0.717, 1.165) is 5.56 Å². The highest BCUT2D eigenvalue weighted by atomic mass is 16.5. The molecule has 0 amide bonds. The molecule has 0 aliphatic heterocycles. The second kappa shape index (κ2) is 10.9. The number of nitrogens with zero attached hydrogens (tertiary/aromatic N) is 1. The van der Waals surface area contributed by atoms with Gasteiger partial charge >= 0.3 is 0 Å². The zero-order chi connectivity index (χ0) is 23.8. The number of ketones is 1. The zero-order valence-corrected chi connectivity index (χ0v) is 18.9. The van der Waals surface area contributed by atoms with Gasteiger partial charge in [-0.25, -0.2) is 0 Å². The number of carbonyl (C=O) groups excluding carboxylic acids is 1. The van der Waals surface area contributed by atoms with E-state index in [-0.39, 0.29) is 11.5 Å². The molecule has 0 fully saturated rings. The number of aliphatic imine (C=N–C) groups is 1. The smallest absolute Gasteiger partial charge is 0.185 e. The lowest BCUT2D eigenvalue weighted by atomic mass is 10.1. The quantitative estimate of drug-likeness (QED) is 0.280. The normalized spacial score (nSPS) is 11.0. The van der Waals surface area contributed by atoms with Gasteiger partial charge in [0.15, 0.2) is 28.8 Å². The third-order valence-corrected chi connectivity index (χ3v) is 4.89. The van der Waals surface area contributed by atoms with Gasteiger partial charge in [-0.3, -0.25) is 9.79 Å². The SMILES string of the molecule is COc1ccc(C(=O)/C=C/c2ccc(OC)c(OC)c2)cc1N=Cc1cccc(OC)c1O. The monoisotopic (exact) mass is 447 g/mol. The molecule has 0 aliphatic carbocycles. The fraction of sp³-hybridized carbons (Fsp3) is 0.154. The van der Waals surface area contributed by atoms with Crippen molar-refractivity contribution in [1.82, 2.24) is 0 Å². The molecule has 0 aliphatic rings. The predicted octanol–water partition coefficient (Wildman–Crippen LogP) is 5.07. The van der Waals surface area contributed by atoms with E-state index in [1.54, 1.807) is 68.8 Å². The van der Waals surface area contributed by atoms with E-state index >= 15 is 0 Å². The summed E-state index contributed by atoms with van der Waals surface area (Å²) >= 11 is 0. The average Bonchev–Trinajstić information content (AvgIpc) is 2.86. The molecular weight excluding hydrogens is 422 g/mol. The van der Waals surface area contributed by atoms with Crippen LogP contribution in [-0.2, 0) is 0 Å². The molecule has 170 valence electrons. The number of carbonyl (C=O) groups is 1. The van der Waals surface area contributed by atoms with Crippen LogP contribution in [-0.4, -0.2) is 45.5 Å². The summed E-state index contributed by atoms with van der Waals surface area (Å²) in [6.45, 7) is 0. The molecule has 0 radical (unpaired) electrons. The molecule has 33 heavy (non-hydrogen) atoms. The summed E-state index contributed by atoms with van der Waals surface area (Å²) < 4.78 is 21.0. The fourth-order valence-electron chi connectivity index (χ4n) is 3.12. The Morgan fingerprint density at radius 1 is 0.818 bits per heavy atom. The Balaban J connectivity index is 1.86. The summed E-state index contributed by atoms with van der Waals surface area (Å²) in [5.41, 5.74) is 2.15. The predicted molar refractivity (Wildman–Crippen MR) is 128 cm³/mol. The van der Waals surface area contributed by atoms with Crippen LogP contribution in [0.5, 0.6) is 28.7 Å². The molecule has 3 aromatic rings. The Morgan fingerprint density at radius 3 is 2.21 bits per heavy atom. The van der Waals surface area contributed by atoms with Crippen molar-refractivity contribution in [3.05, 3.63) is 77.4 Å². The van der Waals surface area contributed by atoms with Crippen LogP contribution < -0.4 is 18.9 Å². The molecule has 1 N–H and O–H groups in total. The van der Waals surface area contributed by atoms with Crippen LogP contribution in [0.4, 0.5) is 5.69 Å². The molecule has 0 aromatic heterocycles. The Kier molecular flexibility index (Phi) is 7.70. The van der Waals surface area contributed by atoms with Crippen LogP contribution in [0.3, 0.4) is 0 Å². The fourth-order valence-corrected chi connectivity index (χ4v) is 3.12. The van der Waals surface area contributed by atoms with Gasteiger partial charge in [0.05, 0.1) is 28.4 Å². The number of phenolic OH excluding ortho intramolecular Hbond substituents is 1. The van der Waals surface area contributed by atoms with E-state index in [0.29, 0.717) is 39.8 Å². The van der Waals surface area contributed by atoms with Gasteiger partial charge in [0, 0.05) is 17.3 Å². The number of phenols is 1. The summed E-state index contributed by atoms with van der Waals surface area (Å²) in [5.74, 6) is 1.81. The zero-order valence-electron chi connectivity index (χ0n) is 18.9. The van der Waals surface area contributed by atoms with E-state index in [4.69, 9.17) is 18.9 Å². The lowest BCUT2D eigenvalue weighted by Gasteiger charge is -2.08. The second-order valence-electron chi connectivity index (χ2n) is 6.85. The highest BCUT2D eigenvalue weighted by Gasteiger charge is 2.10. The molecule has 7 nitrogen and oxygen atoms in total. The summed E-state index contributed by atoms with van der Waals surface area (Å²) in [6.07, 6.45) is 4.67. The minimum Gasteiger partial charge on any atom is -0.504 e. The summed E-state index contributed by atoms with van der Waals surface area (Å²) in [5, 5.41) is 10.3. The van der Waals surface area contributed by atoms with Gasteiger partial charge in [0.1, 0.15) is 11.4 Å². The number of methoxy groups -OCH3 is 4. The van der Waals surface area contributed by atoms with Crippen molar-refractivity contribution in [3.8, 4) is 28.7 Å². The maximum absolute atomic E-state index is 12.8. The van der Waals surface area contributed by atoms with E-state index in [9.17, 15) is 9.90 Å². The Hall–Kier alpha value is -4.26. The van der Waals surface area contributed by atoms with E-state index in [2.05, 4.69) is 4.99 Å². The number of aromatic hydroxyl groups is 1. The molecule has 7 heteroatoms. The number of hydrogen-bond donors (Lipinski definition) is 1. The lowest BCUT2D eigenvalue weighted by molar-refractivity contribution is 0.104. The van der Waals surface area contributed by atoms with Crippen LogP contribution in [0.15, 0.2) is 65.7 Å². The lowest BCUT2D eigenvalue weighted by Crippen LogP contribution is -1.95. The van der Waals surface area contributed by atoms with Crippen molar-refractivity contribution in [2.45, 2.75) is 0 Å². The minimum atomic E-state index is -0.201. The van der Waals surface area contributed by atoms with Crippen molar-refractivity contribution in [1.29, 1.82) is 0 Å². The standard InChI is InChI=1S/C26H25NO6/c1-30-22-13-10-18(15-20(22)27-16-19-6-5-7-24(32-3)26(19)29)21(28)11-8-17-9-12-23(31-2)25(14-17)33-4/h5-16,29H,1-4H3/b11-8+,27-16?. The van der Waals surface area contributed by atoms with Crippen molar-refractivity contribution >= 4 is 23.8 Å². The van der Waals surface area contributed by atoms with Crippen molar-refractivity contribution in [3.63, 3.8) is 0 Å². The molecular formula is C26H25NO6. The summed E-state index contributed by atoms with van der Waals surface area (Å²) in [7, 11) is 6.12. The maximum atomic E-state index is 12.8. The van der Waals surface area contributed by atoms with Crippen molar-refractivity contribution in [2.75, 3.05) is 28.4 Å². The topological polar surface area (TPSA) is 86.6 Å². The number of allylic oxidation sites excluding steroid dienone is 1. The van der Waals surface area contributed by atoms with Crippen molar-refractivity contribution in [2.24, 2.45) is 4.99 Å². The average molecular weight is 447 g/mol. The molecule has 0 unspecified atom stereocenters. The number of rotatable bonds is 9. The number of ether oxygens (including phenoxy) is 4. The summed E-state index contributed by atoms with van der Waals surface area (Å²) in [4.78, 5) is 17.2. The maximum Gasteiger partial charge on any atom is 0.185 e. The minimum absolute atomic E-state index is 0.0206. The summed E-state index contributed by atoms with van der Waals surface area (Å²) in [6, 6.07) is 15.5. The third-order valence-electron chi connectivity index (χ3n) is 4.89. The number of benzene rings is 3.